The minimum Gasteiger partial charge on any atom is -0.467 e. The zero-order chi connectivity index (χ0) is 20.3. The molecule has 2 aromatic rings. The summed E-state index contributed by atoms with van der Waals surface area (Å²) in [5.41, 5.74) is 0.804. The van der Waals surface area contributed by atoms with Crippen LogP contribution in [-0.2, 0) is 14.3 Å². The number of methoxy groups -OCH3 is 1. The van der Waals surface area contributed by atoms with Gasteiger partial charge in [0.15, 0.2) is 0 Å². The van der Waals surface area contributed by atoms with Gasteiger partial charge in [0.2, 0.25) is 0 Å². The third kappa shape index (κ3) is 4.43. The first-order valence-corrected chi connectivity index (χ1v) is 10.3. The van der Waals surface area contributed by atoms with Gasteiger partial charge in [-0.05, 0) is 60.7 Å². The molecule has 0 unspecified atom stereocenters. The lowest BCUT2D eigenvalue weighted by atomic mass is 10.2. The van der Waals surface area contributed by atoms with Crippen LogP contribution in [0.2, 0.25) is 5.02 Å². The maximum absolute atomic E-state index is 12.7. The number of thioether (sulfide) groups is 1. The average Bonchev–Trinajstić information content (AvgIpc) is 2.97. The van der Waals surface area contributed by atoms with E-state index in [-0.39, 0.29) is 4.91 Å². The van der Waals surface area contributed by atoms with Crippen LogP contribution in [0.1, 0.15) is 12.5 Å². The highest BCUT2D eigenvalue weighted by molar-refractivity contribution is 8.18. The summed E-state index contributed by atoms with van der Waals surface area (Å²) >= 11 is 8.27. The van der Waals surface area contributed by atoms with Crippen LogP contribution < -0.4 is 0 Å². The van der Waals surface area contributed by atoms with Gasteiger partial charge in [0.1, 0.15) is 6.04 Å². The number of esters is 1. The smallest absolute Gasteiger partial charge is 0.328 e. The van der Waals surface area contributed by atoms with Gasteiger partial charge < -0.3 is 4.74 Å². The van der Waals surface area contributed by atoms with Crippen molar-refractivity contribution in [2.45, 2.75) is 22.8 Å². The van der Waals surface area contributed by atoms with E-state index >= 15 is 0 Å². The van der Waals surface area contributed by atoms with E-state index in [1.807, 2.05) is 48.5 Å². The molecule has 3 rings (SSSR count). The van der Waals surface area contributed by atoms with E-state index in [2.05, 4.69) is 4.74 Å². The molecule has 1 aliphatic heterocycles. The number of nitrogens with zero attached hydrogens (tertiary/aromatic N) is 1. The fourth-order valence-electron chi connectivity index (χ4n) is 2.55. The summed E-state index contributed by atoms with van der Waals surface area (Å²) in [7, 11) is 1.22. The van der Waals surface area contributed by atoms with Crippen LogP contribution in [0.25, 0.3) is 6.08 Å². The Morgan fingerprint density at radius 1 is 1.18 bits per heavy atom. The minimum absolute atomic E-state index is 0.268. The highest BCUT2D eigenvalue weighted by atomic mass is 35.5. The number of amides is 2. The van der Waals surface area contributed by atoms with Crippen molar-refractivity contribution in [1.29, 1.82) is 0 Å². The number of carbonyl (C=O) groups is 3. The molecule has 1 saturated heterocycles. The Balaban J connectivity index is 1.88. The lowest BCUT2D eigenvalue weighted by molar-refractivity contribution is -0.148. The first-order chi connectivity index (χ1) is 13.4. The summed E-state index contributed by atoms with van der Waals surface area (Å²) in [4.78, 5) is 39.8. The zero-order valence-corrected chi connectivity index (χ0v) is 17.4. The quantitative estimate of drug-likeness (QED) is 0.483. The number of rotatable bonds is 5. The van der Waals surface area contributed by atoms with Crippen molar-refractivity contribution >= 4 is 58.3 Å². The van der Waals surface area contributed by atoms with Crippen molar-refractivity contribution in [3.8, 4) is 0 Å². The van der Waals surface area contributed by atoms with E-state index in [9.17, 15) is 14.4 Å². The molecule has 0 radical (unpaired) electrons. The summed E-state index contributed by atoms with van der Waals surface area (Å²) in [5.74, 6) is -1.14. The van der Waals surface area contributed by atoms with Crippen molar-refractivity contribution in [1.82, 2.24) is 4.90 Å². The molecule has 1 aliphatic rings. The van der Waals surface area contributed by atoms with Gasteiger partial charge in [-0.2, -0.15) is 0 Å². The van der Waals surface area contributed by atoms with Gasteiger partial charge in [-0.25, -0.2) is 4.79 Å². The standard InChI is InChI=1S/C20H16ClNO4S2/c1-12(19(24)26-2)22-18(23)17(28-20(22)25)11-13-5-3-4-6-16(13)27-15-9-7-14(21)8-10-15/h3-12H,1-2H3/b17-11-/t12-/m0/s1. The molecule has 0 saturated carbocycles. The predicted octanol–water partition coefficient (Wildman–Crippen LogP) is 5.09. The van der Waals surface area contributed by atoms with Crippen LogP contribution >= 0.6 is 35.1 Å². The maximum atomic E-state index is 12.7. The molecule has 5 nitrogen and oxygen atoms in total. The lowest BCUT2D eigenvalue weighted by Gasteiger charge is -2.18. The molecule has 1 heterocycles. The van der Waals surface area contributed by atoms with Gasteiger partial charge in [-0.3, -0.25) is 14.5 Å². The molecule has 0 aromatic heterocycles. The highest BCUT2D eigenvalue weighted by Gasteiger charge is 2.41. The van der Waals surface area contributed by atoms with Gasteiger partial charge in [-0.15, -0.1) is 0 Å². The van der Waals surface area contributed by atoms with E-state index in [1.54, 1.807) is 6.08 Å². The van der Waals surface area contributed by atoms with Crippen LogP contribution in [0.3, 0.4) is 0 Å². The normalized spacial score (nSPS) is 16.5. The topological polar surface area (TPSA) is 63.7 Å². The molecule has 2 aromatic carbocycles. The number of benzene rings is 2. The van der Waals surface area contributed by atoms with E-state index in [4.69, 9.17) is 11.6 Å². The summed E-state index contributed by atoms with van der Waals surface area (Å²) in [6.45, 7) is 1.47. The van der Waals surface area contributed by atoms with Crippen LogP contribution in [0.4, 0.5) is 4.79 Å². The van der Waals surface area contributed by atoms with Crippen molar-refractivity contribution in [3.05, 3.63) is 64.0 Å². The van der Waals surface area contributed by atoms with Gasteiger partial charge in [0.25, 0.3) is 11.1 Å². The molecule has 0 spiro atoms. The monoisotopic (exact) mass is 433 g/mol. The lowest BCUT2D eigenvalue weighted by Crippen LogP contribution is -2.42. The van der Waals surface area contributed by atoms with Crippen LogP contribution in [0.15, 0.2) is 63.2 Å². The Labute approximate surface area is 176 Å². The summed E-state index contributed by atoms with van der Waals surface area (Å²) in [6.07, 6.45) is 1.67. The van der Waals surface area contributed by atoms with Gasteiger partial charge in [0, 0.05) is 14.8 Å². The molecule has 0 N–H and O–H groups in total. The molecule has 144 valence electrons. The Hall–Kier alpha value is -2.22. The highest BCUT2D eigenvalue weighted by Crippen LogP contribution is 2.37. The molecular weight excluding hydrogens is 418 g/mol. The molecule has 0 aliphatic carbocycles. The minimum atomic E-state index is -0.970. The average molecular weight is 434 g/mol. The first-order valence-electron chi connectivity index (χ1n) is 8.28. The number of imide groups is 1. The Bertz CT molecular complexity index is 959. The van der Waals surface area contributed by atoms with Gasteiger partial charge >= 0.3 is 5.97 Å². The Kier molecular flexibility index (Phi) is 6.49. The first kappa shape index (κ1) is 20.5. The van der Waals surface area contributed by atoms with Crippen molar-refractivity contribution < 1.29 is 19.1 Å². The fraction of sp³-hybridized carbons (Fsp3) is 0.150. The van der Waals surface area contributed by atoms with Gasteiger partial charge in [-0.1, -0.05) is 41.6 Å². The largest absolute Gasteiger partial charge is 0.467 e. The SMILES string of the molecule is COC(=O)[C@H](C)N1C(=O)S/C(=C\c2ccccc2Sc2ccc(Cl)cc2)C1=O. The molecule has 0 bridgehead atoms. The third-order valence-corrected chi connectivity index (χ3v) is 6.24. The number of halogens is 1. The summed E-state index contributed by atoms with van der Waals surface area (Å²) < 4.78 is 4.64. The molecule has 8 heteroatoms. The second kappa shape index (κ2) is 8.86. The van der Waals surface area contributed by atoms with Crippen molar-refractivity contribution in [2.75, 3.05) is 7.11 Å². The second-order valence-electron chi connectivity index (χ2n) is 5.84. The van der Waals surface area contributed by atoms with E-state index in [0.29, 0.717) is 5.02 Å². The molecule has 1 fully saturated rings. The third-order valence-electron chi connectivity index (χ3n) is 4.00. The van der Waals surface area contributed by atoms with Crippen LogP contribution in [0, 0.1) is 0 Å². The summed E-state index contributed by atoms with van der Waals surface area (Å²) in [6, 6.07) is 14.0. The van der Waals surface area contributed by atoms with E-state index in [0.717, 1.165) is 32.0 Å². The number of carbonyl (C=O) groups excluding carboxylic acids is 3. The van der Waals surface area contributed by atoms with Crippen LogP contribution in [-0.4, -0.2) is 35.2 Å². The Morgan fingerprint density at radius 2 is 1.86 bits per heavy atom. The second-order valence-corrected chi connectivity index (χ2v) is 8.39. The molecular formula is C20H16ClNO4S2. The molecule has 2 amide bonds. The predicted molar refractivity (Wildman–Crippen MR) is 111 cm³/mol. The number of ether oxygens (including phenoxy) is 1. The van der Waals surface area contributed by atoms with Gasteiger partial charge in [0.05, 0.1) is 12.0 Å². The maximum Gasteiger partial charge on any atom is 0.328 e. The van der Waals surface area contributed by atoms with E-state index in [1.165, 1.54) is 25.8 Å². The fourth-order valence-corrected chi connectivity index (χ4v) is 4.50. The molecule has 1 atom stereocenters. The van der Waals surface area contributed by atoms with Crippen LogP contribution in [0.5, 0.6) is 0 Å². The summed E-state index contributed by atoms with van der Waals surface area (Å²) in [5, 5.41) is 0.169. The van der Waals surface area contributed by atoms with Crippen molar-refractivity contribution in [3.63, 3.8) is 0 Å². The van der Waals surface area contributed by atoms with E-state index < -0.39 is 23.2 Å². The number of hydrogen-bond donors (Lipinski definition) is 0. The van der Waals surface area contributed by atoms with Crippen molar-refractivity contribution in [2.24, 2.45) is 0 Å². The molecule has 28 heavy (non-hydrogen) atoms. The Morgan fingerprint density at radius 3 is 2.54 bits per heavy atom. The number of hydrogen-bond acceptors (Lipinski definition) is 6. The zero-order valence-electron chi connectivity index (χ0n) is 15.0.